The van der Waals surface area contributed by atoms with E-state index < -0.39 is 5.82 Å². The average molecular weight is 657 g/mol. The second-order valence-corrected chi connectivity index (χ2v) is 12.8. The number of hydrogen-bond donors (Lipinski definition) is 0. The maximum Gasteiger partial charge on any atom is 0.173 e. The molecule has 7 aromatic carbocycles. The zero-order valence-electron chi connectivity index (χ0n) is 26.6. The van der Waals surface area contributed by atoms with Crippen molar-refractivity contribution in [1.29, 1.82) is 10.5 Å². The molecular formula is C44H21FN4O2. The van der Waals surface area contributed by atoms with E-state index in [-0.39, 0.29) is 22.5 Å². The first kappa shape index (κ1) is 27.6. The third-order valence-corrected chi connectivity index (χ3v) is 10.3. The van der Waals surface area contributed by atoms with Gasteiger partial charge in [-0.3, -0.25) is 0 Å². The Hall–Kier alpha value is -7.35. The molecule has 51 heavy (non-hydrogen) atoms. The molecule has 0 saturated heterocycles. The molecule has 0 bridgehead atoms. The lowest BCUT2D eigenvalue weighted by atomic mass is 10.0. The molecule has 0 aliphatic heterocycles. The molecule has 236 valence electrons. The zero-order chi connectivity index (χ0) is 34.0. The van der Waals surface area contributed by atoms with E-state index in [4.69, 9.17) is 8.83 Å². The number of benzene rings is 7. The molecule has 11 aromatic rings. The quantitative estimate of drug-likeness (QED) is 0.185. The molecule has 4 heterocycles. The molecule has 0 aliphatic carbocycles. The monoisotopic (exact) mass is 656 g/mol. The fourth-order valence-corrected chi connectivity index (χ4v) is 8.19. The van der Waals surface area contributed by atoms with Crippen molar-refractivity contribution in [1.82, 2.24) is 9.13 Å². The van der Waals surface area contributed by atoms with E-state index >= 15 is 4.39 Å². The number of rotatable bonds is 2. The number of fused-ring (bicyclic) bond motifs is 14. The van der Waals surface area contributed by atoms with Crippen LogP contribution in [0.2, 0.25) is 0 Å². The SMILES string of the molecule is N#Cc1cc(C#N)c(-n2c3ccccc3c3c4oc5ccccc5c4ccc32)c(F)c1-n1c2ccccc2c2c3oc4ccccc4c3ccc21. The van der Waals surface area contributed by atoms with E-state index in [1.165, 1.54) is 6.07 Å². The first-order valence-corrected chi connectivity index (χ1v) is 16.5. The second kappa shape index (κ2) is 9.85. The number of para-hydroxylation sites is 4. The summed E-state index contributed by atoms with van der Waals surface area (Å²) in [6.07, 6.45) is 0. The zero-order valence-corrected chi connectivity index (χ0v) is 26.6. The molecule has 0 fully saturated rings. The summed E-state index contributed by atoms with van der Waals surface area (Å²) < 4.78 is 34.5. The predicted molar refractivity (Wildman–Crippen MR) is 199 cm³/mol. The molecule has 0 radical (unpaired) electrons. The van der Waals surface area contributed by atoms with Gasteiger partial charge in [0.05, 0.1) is 44.0 Å². The molecule has 4 aromatic heterocycles. The van der Waals surface area contributed by atoms with E-state index in [1.807, 2.05) is 121 Å². The van der Waals surface area contributed by atoms with Crippen LogP contribution in [-0.4, -0.2) is 9.13 Å². The van der Waals surface area contributed by atoms with Crippen LogP contribution in [0.5, 0.6) is 0 Å². The van der Waals surface area contributed by atoms with Gasteiger partial charge in [-0.15, -0.1) is 0 Å². The molecule has 0 amide bonds. The van der Waals surface area contributed by atoms with Crippen molar-refractivity contribution >= 4 is 87.5 Å². The van der Waals surface area contributed by atoms with E-state index in [1.54, 1.807) is 9.13 Å². The molecule has 0 N–H and O–H groups in total. The van der Waals surface area contributed by atoms with Crippen molar-refractivity contribution in [3.63, 3.8) is 0 Å². The number of halogens is 1. The fourth-order valence-electron chi connectivity index (χ4n) is 8.19. The molecular weight excluding hydrogens is 636 g/mol. The van der Waals surface area contributed by atoms with Crippen LogP contribution < -0.4 is 0 Å². The van der Waals surface area contributed by atoms with Gasteiger partial charge in [0, 0.05) is 32.3 Å². The number of nitriles is 2. The summed E-state index contributed by atoms with van der Waals surface area (Å²) in [5.74, 6) is -0.690. The van der Waals surface area contributed by atoms with Crippen LogP contribution >= 0.6 is 0 Å². The largest absolute Gasteiger partial charge is 0.455 e. The first-order chi connectivity index (χ1) is 25.2. The van der Waals surface area contributed by atoms with Crippen molar-refractivity contribution in [3.05, 3.63) is 144 Å². The summed E-state index contributed by atoms with van der Waals surface area (Å²) >= 11 is 0. The highest BCUT2D eigenvalue weighted by Crippen LogP contribution is 2.45. The van der Waals surface area contributed by atoms with Gasteiger partial charge in [-0.1, -0.05) is 72.8 Å². The van der Waals surface area contributed by atoms with Gasteiger partial charge in [-0.2, -0.15) is 10.5 Å². The summed E-state index contributed by atoms with van der Waals surface area (Å²) in [5, 5.41) is 28.3. The van der Waals surface area contributed by atoms with Gasteiger partial charge in [0.2, 0.25) is 0 Å². The van der Waals surface area contributed by atoms with Crippen LogP contribution in [0.4, 0.5) is 4.39 Å². The first-order valence-electron chi connectivity index (χ1n) is 16.5. The summed E-state index contributed by atoms with van der Waals surface area (Å²) in [5.41, 5.74) is 5.87. The van der Waals surface area contributed by atoms with E-state index in [2.05, 4.69) is 12.1 Å². The molecule has 0 spiro atoms. The lowest BCUT2D eigenvalue weighted by Crippen LogP contribution is -2.09. The number of aromatic nitrogens is 2. The van der Waals surface area contributed by atoms with Crippen LogP contribution in [0.25, 0.3) is 98.9 Å². The third-order valence-electron chi connectivity index (χ3n) is 10.3. The van der Waals surface area contributed by atoms with Gasteiger partial charge in [0.25, 0.3) is 0 Å². The maximum atomic E-state index is 18.0. The Labute approximate surface area is 287 Å². The molecule has 0 saturated carbocycles. The van der Waals surface area contributed by atoms with Crippen LogP contribution in [-0.2, 0) is 0 Å². The highest BCUT2D eigenvalue weighted by Gasteiger charge is 2.28. The lowest BCUT2D eigenvalue weighted by Gasteiger charge is -2.17. The molecule has 0 unspecified atom stereocenters. The van der Waals surface area contributed by atoms with Crippen LogP contribution in [0.1, 0.15) is 11.1 Å². The fraction of sp³-hybridized carbons (Fsp3) is 0. The summed E-state index contributed by atoms with van der Waals surface area (Å²) in [7, 11) is 0. The smallest absolute Gasteiger partial charge is 0.173 e. The normalized spacial score (nSPS) is 12.0. The van der Waals surface area contributed by atoms with E-state index in [9.17, 15) is 10.5 Å². The predicted octanol–water partition coefficient (Wildman–Crippen LogP) is 11.6. The summed E-state index contributed by atoms with van der Waals surface area (Å²) in [6.45, 7) is 0. The van der Waals surface area contributed by atoms with Crippen LogP contribution in [0.15, 0.2) is 136 Å². The molecule has 0 atom stereocenters. The minimum atomic E-state index is -0.690. The topological polar surface area (TPSA) is 83.7 Å². The number of nitrogens with zero attached hydrogens (tertiary/aromatic N) is 4. The Balaban J connectivity index is 1.30. The Bertz CT molecular complexity index is 3190. The Kier molecular flexibility index (Phi) is 5.33. The Morgan fingerprint density at radius 2 is 0.863 bits per heavy atom. The summed E-state index contributed by atoms with van der Waals surface area (Å²) in [6, 6.07) is 45.0. The maximum absolute atomic E-state index is 18.0. The molecule has 0 aliphatic rings. The van der Waals surface area contributed by atoms with Crippen molar-refractivity contribution in [2.75, 3.05) is 0 Å². The highest BCUT2D eigenvalue weighted by atomic mass is 19.1. The van der Waals surface area contributed by atoms with Crippen molar-refractivity contribution in [2.24, 2.45) is 0 Å². The number of hydrogen-bond acceptors (Lipinski definition) is 4. The van der Waals surface area contributed by atoms with Crippen molar-refractivity contribution in [2.45, 2.75) is 0 Å². The Morgan fingerprint density at radius 3 is 1.31 bits per heavy atom. The highest BCUT2D eigenvalue weighted by molar-refractivity contribution is 6.25. The molecule has 7 heteroatoms. The van der Waals surface area contributed by atoms with Crippen LogP contribution in [0.3, 0.4) is 0 Å². The van der Waals surface area contributed by atoms with Gasteiger partial charge in [-0.05, 0) is 54.6 Å². The van der Waals surface area contributed by atoms with E-state index in [0.29, 0.717) is 33.2 Å². The summed E-state index contributed by atoms with van der Waals surface area (Å²) in [4.78, 5) is 0. The van der Waals surface area contributed by atoms with Crippen molar-refractivity contribution in [3.8, 4) is 23.5 Å². The van der Waals surface area contributed by atoms with Gasteiger partial charge < -0.3 is 18.0 Å². The molecule has 6 nitrogen and oxygen atoms in total. The molecule has 11 rings (SSSR count). The average Bonchev–Trinajstić information content (AvgIpc) is 3.92. The van der Waals surface area contributed by atoms with Gasteiger partial charge in [0.15, 0.2) is 5.82 Å². The van der Waals surface area contributed by atoms with Gasteiger partial charge in [0.1, 0.15) is 45.8 Å². The van der Waals surface area contributed by atoms with E-state index in [0.717, 1.165) is 54.3 Å². The third kappa shape index (κ3) is 3.46. The van der Waals surface area contributed by atoms with Gasteiger partial charge in [-0.25, -0.2) is 4.39 Å². The van der Waals surface area contributed by atoms with Crippen molar-refractivity contribution < 1.29 is 13.2 Å². The number of furan rings is 2. The second-order valence-electron chi connectivity index (χ2n) is 12.8. The van der Waals surface area contributed by atoms with Gasteiger partial charge >= 0.3 is 0 Å². The Morgan fingerprint density at radius 1 is 0.451 bits per heavy atom. The van der Waals surface area contributed by atoms with Crippen LogP contribution in [0, 0.1) is 28.5 Å². The minimum absolute atomic E-state index is 0.0422. The standard InChI is InChI=1S/C44H21FN4O2/c45-40-41(48-32-13-5-1-11-30(32)38-34(48)19-17-28-26-9-3-7-15-36(26)50-43(28)38)24(22-46)21-25(23-47)42(40)49-33-14-6-2-12-31(33)39-35(49)20-18-29-27-10-4-8-16-37(27)51-44(29)39/h1-21H. The minimum Gasteiger partial charge on any atom is -0.455 e. The lowest BCUT2D eigenvalue weighted by molar-refractivity contribution is 0.613.